The van der Waals surface area contributed by atoms with Crippen molar-refractivity contribution in [2.24, 2.45) is 22.4 Å². The molecule has 0 bridgehead atoms. The Morgan fingerprint density at radius 1 is 1.14 bits per heavy atom. The van der Waals surface area contributed by atoms with Gasteiger partial charge in [-0.05, 0) is 47.2 Å². The van der Waals surface area contributed by atoms with Crippen LogP contribution in [0, 0.1) is 17.3 Å². The number of thiophene rings is 1. The molecule has 2 atom stereocenters. The topological polar surface area (TPSA) is 77.0 Å². The first kappa shape index (κ1) is 25.5. The maximum absolute atomic E-state index is 12.7. The second kappa shape index (κ2) is 10.2. The van der Waals surface area contributed by atoms with Gasteiger partial charge in [0.25, 0.3) is 5.91 Å². The molecule has 4 rings (SSSR count). The highest BCUT2D eigenvalue weighted by molar-refractivity contribution is 7.21. The zero-order chi connectivity index (χ0) is 25.3. The summed E-state index contributed by atoms with van der Waals surface area (Å²) in [6, 6.07) is 12.5. The van der Waals surface area contributed by atoms with Crippen molar-refractivity contribution < 1.29 is 19.1 Å². The van der Waals surface area contributed by atoms with E-state index in [0.29, 0.717) is 21.2 Å². The van der Waals surface area contributed by atoms with Gasteiger partial charge in [0.2, 0.25) is 0 Å². The molecule has 182 valence electrons. The third-order valence-corrected chi connectivity index (χ3v) is 7.92. The third kappa shape index (κ3) is 5.33. The van der Waals surface area contributed by atoms with Gasteiger partial charge in [-0.25, -0.2) is 5.43 Å². The summed E-state index contributed by atoms with van der Waals surface area (Å²) >= 11 is 19.2. The number of hydrazone groups is 1. The number of carbonyl (C=O) groups is 2. The van der Waals surface area contributed by atoms with Crippen molar-refractivity contribution in [3.05, 3.63) is 68.5 Å². The molecule has 1 aliphatic rings. The highest BCUT2D eigenvalue weighted by Crippen LogP contribution is 2.60. The molecule has 1 saturated carbocycles. The van der Waals surface area contributed by atoms with Crippen molar-refractivity contribution in [3.8, 4) is 11.5 Å². The van der Waals surface area contributed by atoms with Crippen LogP contribution in [0.1, 0.15) is 29.1 Å². The van der Waals surface area contributed by atoms with Crippen LogP contribution in [-0.2, 0) is 4.79 Å². The lowest BCUT2D eigenvalue weighted by Crippen LogP contribution is -2.16. The number of allylic oxidation sites excluding steroid dienone is 1. The molecular formula is C25H21Cl3N2O4S. The minimum absolute atomic E-state index is 0.101. The number of amides is 1. The van der Waals surface area contributed by atoms with Crippen molar-refractivity contribution in [3.63, 3.8) is 0 Å². The molecule has 0 aliphatic heterocycles. The summed E-state index contributed by atoms with van der Waals surface area (Å²) in [6.07, 6.45) is 3.12. The van der Waals surface area contributed by atoms with Crippen molar-refractivity contribution in [2.75, 3.05) is 7.11 Å². The number of ether oxygens (including phenoxy) is 2. The van der Waals surface area contributed by atoms with Crippen LogP contribution in [0.15, 0.2) is 58.1 Å². The molecule has 0 radical (unpaired) electrons. The Labute approximate surface area is 221 Å². The molecule has 1 aliphatic carbocycles. The summed E-state index contributed by atoms with van der Waals surface area (Å²) in [4.78, 5) is 25.7. The van der Waals surface area contributed by atoms with E-state index in [0.717, 1.165) is 10.1 Å². The number of hydrogen-bond acceptors (Lipinski definition) is 6. The Morgan fingerprint density at radius 3 is 2.57 bits per heavy atom. The first-order chi connectivity index (χ1) is 16.6. The summed E-state index contributed by atoms with van der Waals surface area (Å²) in [5.74, 6) is -0.636. The van der Waals surface area contributed by atoms with Gasteiger partial charge in [-0.3, -0.25) is 9.59 Å². The highest BCUT2D eigenvalue weighted by atomic mass is 35.5. The number of methoxy groups -OCH3 is 1. The van der Waals surface area contributed by atoms with Gasteiger partial charge >= 0.3 is 5.97 Å². The SMILES string of the molecule is COc1cc(/C=N/NC(=O)c2sc3ccccc3c2Cl)ccc1OC(=O)C1C(C=C(Cl)Cl)C1(C)C. The van der Waals surface area contributed by atoms with Crippen molar-refractivity contribution >= 4 is 74.3 Å². The van der Waals surface area contributed by atoms with Crippen molar-refractivity contribution in [1.82, 2.24) is 5.43 Å². The quantitative estimate of drug-likeness (QED) is 0.151. The summed E-state index contributed by atoms with van der Waals surface area (Å²) < 4.78 is 12.0. The van der Waals surface area contributed by atoms with Crippen LogP contribution in [0.4, 0.5) is 0 Å². The molecule has 10 heteroatoms. The highest BCUT2D eigenvalue weighted by Gasteiger charge is 2.61. The lowest BCUT2D eigenvalue weighted by molar-refractivity contribution is -0.136. The van der Waals surface area contributed by atoms with E-state index in [2.05, 4.69) is 10.5 Å². The van der Waals surface area contributed by atoms with Crippen LogP contribution in [0.2, 0.25) is 5.02 Å². The van der Waals surface area contributed by atoms with E-state index in [1.807, 2.05) is 38.1 Å². The average molecular weight is 552 g/mol. The molecule has 0 spiro atoms. The van der Waals surface area contributed by atoms with Gasteiger partial charge in [0.05, 0.1) is 24.3 Å². The van der Waals surface area contributed by atoms with Gasteiger partial charge in [0.1, 0.15) is 9.37 Å². The van der Waals surface area contributed by atoms with Crippen LogP contribution in [0.25, 0.3) is 10.1 Å². The Balaban J connectivity index is 1.42. The lowest BCUT2D eigenvalue weighted by Gasteiger charge is -2.10. The lowest BCUT2D eigenvalue weighted by atomic mass is 10.1. The predicted octanol–water partition coefficient (Wildman–Crippen LogP) is 6.82. The number of carbonyl (C=O) groups excluding carboxylic acids is 2. The molecule has 1 fully saturated rings. The number of benzene rings is 2. The maximum atomic E-state index is 12.7. The molecule has 6 nitrogen and oxygen atoms in total. The third-order valence-electron chi connectivity index (χ3n) is 5.99. The first-order valence-electron chi connectivity index (χ1n) is 10.6. The van der Waals surface area contributed by atoms with Crippen LogP contribution in [0.5, 0.6) is 11.5 Å². The molecule has 1 amide bonds. The first-order valence-corrected chi connectivity index (χ1v) is 12.5. The predicted molar refractivity (Wildman–Crippen MR) is 141 cm³/mol. The van der Waals surface area contributed by atoms with E-state index in [9.17, 15) is 9.59 Å². The Bertz CT molecular complexity index is 1360. The van der Waals surface area contributed by atoms with Crippen LogP contribution < -0.4 is 14.9 Å². The molecule has 0 saturated heterocycles. The number of halogens is 3. The molecule has 1 N–H and O–H groups in total. The zero-order valence-corrected chi connectivity index (χ0v) is 22.1. The number of hydrogen-bond donors (Lipinski definition) is 1. The second-order valence-corrected chi connectivity index (χ2v) is 11.0. The van der Waals surface area contributed by atoms with Gasteiger partial charge in [-0.2, -0.15) is 5.10 Å². The van der Waals surface area contributed by atoms with E-state index in [4.69, 9.17) is 44.3 Å². The minimum atomic E-state index is -0.405. The summed E-state index contributed by atoms with van der Waals surface area (Å²) in [5.41, 5.74) is 2.82. The number of nitrogens with one attached hydrogen (secondary N) is 1. The molecule has 1 heterocycles. The van der Waals surface area contributed by atoms with Crippen molar-refractivity contribution in [1.29, 1.82) is 0 Å². The van der Waals surface area contributed by atoms with Crippen molar-refractivity contribution in [2.45, 2.75) is 13.8 Å². The van der Waals surface area contributed by atoms with Gasteiger partial charge in [-0.15, -0.1) is 11.3 Å². The normalized spacial score (nSPS) is 18.3. The fourth-order valence-electron chi connectivity index (χ4n) is 3.97. The molecule has 2 aromatic carbocycles. The smallest absolute Gasteiger partial charge is 0.315 e. The van der Waals surface area contributed by atoms with Crippen LogP contribution in [-0.4, -0.2) is 25.2 Å². The van der Waals surface area contributed by atoms with E-state index < -0.39 is 11.9 Å². The van der Waals surface area contributed by atoms with Crippen LogP contribution in [0.3, 0.4) is 0 Å². The molecule has 3 aromatic rings. The van der Waals surface area contributed by atoms with Gasteiger partial charge in [0, 0.05) is 10.1 Å². The maximum Gasteiger partial charge on any atom is 0.315 e. The number of fused-ring (bicyclic) bond motifs is 1. The van der Waals surface area contributed by atoms with Gasteiger partial charge < -0.3 is 9.47 Å². The fraction of sp³-hybridized carbons (Fsp3) is 0.240. The van der Waals surface area contributed by atoms with E-state index in [1.54, 1.807) is 24.3 Å². The average Bonchev–Trinajstić information content (AvgIpc) is 3.17. The van der Waals surface area contributed by atoms with E-state index >= 15 is 0 Å². The summed E-state index contributed by atoms with van der Waals surface area (Å²) in [7, 11) is 1.47. The Kier molecular flexibility index (Phi) is 7.43. The van der Waals surface area contributed by atoms with E-state index in [-0.39, 0.29) is 27.5 Å². The molecule has 1 aromatic heterocycles. The molecule has 35 heavy (non-hydrogen) atoms. The zero-order valence-electron chi connectivity index (χ0n) is 19.0. The standard InChI is InChI=1S/C25H21Cl3N2O4S/c1-25(2)15(11-19(26)27)20(25)24(32)34-16-9-8-13(10-17(16)33-3)12-29-30-23(31)22-21(28)14-6-4-5-7-18(14)35-22/h4-12,15,20H,1-3H3,(H,30,31)/b29-12+. The number of nitrogens with zero attached hydrogens (tertiary/aromatic N) is 1. The number of esters is 1. The summed E-state index contributed by atoms with van der Waals surface area (Å²) in [6.45, 7) is 3.90. The number of rotatable bonds is 7. The monoisotopic (exact) mass is 550 g/mol. The van der Waals surface area contributed by atoms with Gasteiger partial charge in [-0.1, -0.05) is 66.8 Å². The Morgan fingerprint density at radius 2 is 1.89 bits per heavy atom. The second-order valence-electron chi connectivity index (χ2n) is 8.55. The van der Waals surface area contributed by atoms with E-state index in [1.165, 1.54) is 24.7 Å². The minimum Gasteiger partial charge on any atom is -0.493 e. The van der Waals surface area contributed by atoms with Crippen LogP contribution >= 0.6 is 46.1 Å². The Hall–Kier alpha value is -2.58. The summed E-state index contributed by atoms with van der Waals surface area (Å²) in [5, 5.41) is 5.24. The van der Waals surface area contributed by atoms with Gasteiger partial charge in [0.15, 0.2) is 11.5 Å². The molecular weight excluding hydrogens is 531 g/mol. The fourth-order valence-corrected chi connectivity index (χ4v) is 5.65. The largest absolute Gasteiger partial charge is 0.493 e. The molecule has 2 unspecified atom stereocenters.